The predicted molar refractivity (Wildman–Crippen MR) is 143 cm³/mol. The van der Waals surface area contributed by atoms with Gasteiger partial charge in [-0.3, -0.25) is 20.0 Å². The highest BCUT2D eigenvalue weighted by atomic mass is 16.6. The summed E-state index contributed by atoms with van der Waals surface area (Å²) in [5, 5.41) is 33.5. The average Bonchev–Trinajstić information content (AvgIpc) is 3.53. The van der Waals surface area contributed by atoms with Crippen molar-refractivity contribution < 1.29 is 14.8 Å². The number of H-pyrrole nitrogens is 1. The quantitative estimate of drug-likeness (QED) is 0.207. The number of non-ortho nitro benzene ring substituents is 1. The van der Waals surface area contributed by atoms with Crippen LogP contribution in [-0.2, 0) is 16.8 Å². The fraction of sp³-hybridized carbons (Fsp3) is 0.0667. The Morgan fingerprint density at radius 3 is 2.21 bits per heavy atom. The summed E-state index contributed by atoms with van der Waals surface area (Å²) in [5.41, 5.74) is 4.94. The number of carbonyl (C=O) groups excluding carboxylic acids is 1. The molecule has 8 heteroatoms. The van der Waals surface area contributed by atoms with Crippen molar-refractivity contribution in [3.63, 3.8) is 0 Å². The van der Waals surface area contributed by atoms with Crippen LogP contribution in [0.4, 0.5) is 11.4 Å². The zero-order chi connectivity index (χ0) is 26.3. The molecule has 0 saturated heterocycles. The van der Waals surface area contributed by atoms with E-state index in [-0.39, 0.29) is 11.3 Å². The van der Waals surface area contributed by atoms with Crippen LogP contribution in [0.2, 0.25) is 0 Å². The minimum atomic E-state index is -2.10. The zero-order valence-corrected chi connectivity index (χ0v) is 20.1. The molecule has 1 aliphatic carbocycles. The van der Waals surface area contributed by atoms with Crippen LogP contribution in [0, 0.1) is 10.1 Å². The number of para-hydroxylation sites is 1. The number of hydrogen-bond acceptors (Lipinski definition) is 5. The number of rotatable bonds is 6. The molecule has 1 aromatic heterocycles. The van der Waals surface area contributed by atoms with E-state index in [0.717, 1.165) is 34.5 Å². The lowest BCUT2D eigenvalue weighted by molar-refractivity contribution is -0.384. The third kappa shape index (κ3) is 3.84. The molecule has 6 rings (SSSR count). The Balaban J connectivity index is 1.38. The van der Waals surface area contributed by atoms with Gasteiger partial charge in [-0.15, -0.1) is 0 Å². The van der Waals surface area contributed by atoms with Gasteiger partial charge in [-0.25, -0.2) is 0 Å². The maximum absolute atomic E-state index is 13.5. The lowest BCUT2D eigenvalue weighted by Gasteiger charge is -2.28. The fourth-order valence-electron chi connectivity index (χ4n) is 4.97. The largest absolute Gasteiger partial charge is 0.372 e. The zero-order valence-electron chi connectivity index (χ0n) is 20.1. The summed E-state index contributed by atoms with van der Waals surface area (Å²) in [5.74, 6) is -0.679. The van der Waals surface area contributed by atoms with E-state index in [2.05, 4.69) is 27.6 Å². The molecule has 38 heavy (non-hydrogen) atoms. The molecule has 5 aromatic rings. The van der Waals surface area contributed by atoms with Crippen molar-refractivity contribution in [3.05, 3.63) is 135 Å². The monoisotopic (exact) mass is 502 g/mol. The van der Waals surface area contributed by atoms with Gasteiger partial charge in [0.15, 0.2) is 5.60 Å². The van der Waals surface area contributed by atoms with E-state index < -0.39 is 16.4 Å². The molecule has 0 spiro atoms. The second-order valence-corrected chi connectivity index (χ2v) is 9.17. The molecule has 1 unspecified atom stereocenters. The molecule has 1 atom stereocenters. The number of nitrogens with one attached hydrogen (secondary N) is 2. The summed E-state index contributed by atoms with van der Waals surface area (Å²) in [6.45, 7) is 0. The highest BCUT2D eigenvalue weighted by Gasteiger charge is 2.40. The van der Waals surface area contributed by atoms with Crippen molar-refractivity contribution in [2.45, 2.75) is 12.0 Å². The number of hydrogen-bond donors (Lipinski definition) is 3. The minimum Gasteiger partial charge on any atom is -0.372 e. The number of benzene rings is 4. The fourth-order valence-corrected chi connectivity index (χ4v) is 4.97. The van der Waals surface area contributed by atoms with Crippen LogP contribution in [0.15, 0.2) is 103 Å². The number of aromatic nitrogens is 2. The summed E-state index contributed by atoms with van der Waals surface area (Å²) in [6.07, 6.45) is 0.769. The number of nitro benzene ring substituents is 1. The van der Waals surface area contributed by atoms with E-state index in [1.165, 1.54) is 29.8 Å². The summed E-state index contributed by atoms with van der Waals surface area (Å²) in [4.78, 5) is 24.2. The third-order valence-corrected chi connectivity index (χ3v) is 6.95. The summed E-state index contributed by atoms with van der Waals surface area (Å²) >= 11 is 0. The first-order chi connectivity index (χ1) is 18.4. The molecule has 8 nitrogen and oxygen atoms in total. The Hall–Kier alpha value is -5.08. The molecule has 0 radical (unpaired) electrons. The molecule has 3 N–H and O–H groups in total. The van der Waals surface area contributed by atoms with E-state index in [1.54, 1.807) is 36.4 Å². The van der Waals surface area contributed by atoms with Gasteiger partial charge in [0.2, 0.25) is 0 Å². The van der Waals surface area contributed by atoms with Gasteiger partial charge in [-0.1, -0.05) is 66.7 Å². The number of fused-ring (bicyclic) bond motifs is 3. The van der Waals surface area contributed by atoms with Crippen LogP contribution in [-0.4, -0.2) is 26.1 Å². The molecule has 0 fully saturated rings. The maximum atomic E-state index is 13.5. The molecule has 1 aliphatic rings. The number of anilines is 1. The Labute approximate surface area is 217 Å². The number of amides is 1. The van der Waals surface area contributed by atoms with Crippen molar-refractivity contribution in [2.24, 2.45) is 0 Å². The summed E-state index contributed by atoms with van der Waals surface area (Å²) < 4.78 is 0. The summed E-state index contributed by atoms with van der Waals surface area (Å²) in [6, 6.07) is 29.3. The van der Waals surface area contributed by atoms with Gasteiger partial charge < -0.3 is 10.4 Å². The van der Waals surface area contributed by atoms with Gasteiger partial charge in [0, 0.05) is 40.9 Å². The number of nitrogens with zero attached hydrogens (tertiary/aromatic N) is 2. The van der Waals surface area contributed by atoms with Crippen molar-refractivity contribution in [1.82, 2.24) is 10.2 Å². The molecule has 1 heterocycles. The highest BCUT2D eigenvalue weighted by molar-refractivity contribution is 6.00. The Morgan fingerprint density at radius 1 is 0.895 bits per heavy atom. The normalized spacial score (nSPS) is 13.3. The van der Waals surface area contributed by atoms with Crippen LogP contribution in [0.25, 0.3) is 22.5 Å². The number of aromatic amines is 1. The second kappa shape index (κ2) is 9.10. The molecular weight excluding hydrogens is 480 g/mol. The number of carbonyl (C=O) groups is 1. The summed E-state index contributed by atoms with van der Waals surface area (Å²) in [7, 11) is 0. The number of aliphatic hydroxyl groups is 1. The molecule has 186 valence electrons. The number of nitro groups is 1. The molecule has 0 saturated carbocycles. The average molecular weight is 503 g/mol. The molecule has 1 amide bonds. The maximum Gasteiger partial charge on any atom is 0.269 e. The van der Waals surface area contributed by atoms with Crippen molar-refractivity contribution in [3.8, 4) is 22.5 Å². The van der Waals surface area contributed by atoms with Gasteiger partial charge in [-0.05, 0) is 41.0 Å². The van der Waals surface area contributed by atoms with Gasteiger partial charge in [0.25, 0.3) is 11.6 Å². The van der Waals surface area contributed by atoms with Gasteiger partial charge in [-0.2, -0.15) is 5.10 Å². The van der Waals surface area contributed by atoms with Crippen LogP contribution in [0.3, 0.4) is 0 Å². The van der Waals surface area contributed by atoms with Crippen molar-refractivity contribution in [1.29, 1.82) is 0 Å². The van der Waals surface area contributed by atoms with E-state index in [1.807, 2.05) is 30.3 Å². The standard InChI is InChI=1S/C30H22N4O4/c35-29(31-23-7-2-1-3-8-23)30(36,22-14-16-24(17-15-22)34(37)38)21-12-10-19(11-13-21)27-26-18-20-6-4-5-9-25(20)28(26)33-32-27/h1-17,36H,18H2,(H,31,35)(H,32,33). The first-order valence-corrected chi connectivity index (χ1v) is 12.1. The Morgan fingerprint density at radius 2 is 1.53 bits per heavy atom. The third-order valence-electron chi connectivity index (χ3n) is 6.95. The van der Waals surface area contributed by atoms with Gasteiger partial charge >= 0.3 is 0 Å². The van der Waals surface area contributed by atoms with E-state index >= 15 is 0 Å². The first-order valence-electron chi connectivity index (χ1n) is 12.1. The molecular formula is C30H22N4O4. The molecule has 4 aromatic carbocycles. The molecule has 0 bridgehead atoms. The van der Waals surface area contributed by atoms with E-state index in [0.29, 0.717) is 11.3 Å². The first kappa shape index (κ1) is 23.3. The van der Waals surface area contributed by atoms with Crippen molar-refractivity contribution >= 4 is 17.3 Å². The van der Waals surface area contributed by atoms with Crippen molar-refractivity contribution in [2.75, 3.05) is 5.32 Å². The van der Waals surface area contributed by atoms with Crippen LogP contribution >= 0.6 is 0 Å². The van der Waals surface area contributed by atoms with E-state index in [9.17, 15) is 20.0 Å². The Kier molecular flexibility index (Phi) is 5.58. The Bertz CT molecular complexity index is 1660. The van der Waals surface area contributed by atoms with Gasteiger partial charge in [0.1, 0.15) is 0 Å². The van der Waals surface area contributed by atoms with E-state index in [4.69, 9.17) is 0 Å². The topological polar surface area (TPSA) is 121 Å². The van der Waals surface area contributed by atoms with Crippen LogP contribution < -0.4 is 5.32 Å². The van der Waals surface area contributed by atoms with Crippen LogP contribution in [0.1, 0.15) is 22.3 Å². The van der Waals surface area contributed by atoms with Crippen LogP contribution in [0.5, 0.6) is 0 Å². The smallest absolute Gasteiger partial charge is 0.269 e. The minimum absolute atomic E-state index is 0.136. The lowest BCUT2D eigenvalue weighted by Crippen LogP contribution is -2.41. The lowest BCUT2D eigenvalue weighted by atomic mass is 9.84. The SMILES string of the molecule is O=C(Nc1ccccc1)C(O)(c1ccc(-c2n[nH]c3c2Cc2ccccc2-3)cc1)c1ccc([N+](=O)[O-])cc1. The molecule has 0 aliphatic heterocycles. The predicted octanol–water partition coefficient (Wildman–Crippen LogP) is 5.43. The second-order valence-electron chi connectivity index (χ2n) is 9.17. The highest BCUT2D eigenvalue weighted by Crippen LogP contribution is 2.40. The van der Waals surface area contributed by atoms with Gasteiger partial charge in [0.05, 0.1) is 16.3 Å².